The molecular weight excluding hydrogens is 388 g/mol. The summed E-state index contributed by atoms with van der Waals surface area (Å²) < 4.78 is 5.93. The van der Waals surface area contributed by atoms with Crippen LogP contribution < -0.4 is 10.1 Å². The van der Waals surface area contributed by atoms with Crippen molar-refractivity contribution in [3.05, 3.63) is 64.7 Å². The summed E-state index contributed by atoms with van der Waals surface area (Å²) in [6.45, 7) is 12.2. The zero-order valence-electron chi connectivity index (χ0n) is 19.7. The molecule has 0 aliphatic carbocycles. The lowest BCUT2D eigenvalue weighted by molar-refractivity contribution is -0.143. The molecule has 0 aliphatic rings. The lowest BCUT2D eigenvalue weighted by Gasteiger charge is -2.31. The number of aryl methyl sites for hydroxylation is 2. The van der Waals surface area contributed by atoms with Crippen molar-refractivity contribution in [1.29, 1.82) is 0 Å². The topological polar surface area (TPSA) is 58.6 Å². The normalized spacial score (nSPS) is 12.7. The first kappa shape index (κ1) is 24.4. The number of benzene rings is 2. The summed E-state index contributed by atoms with van der Waals surface area (Å²) in [5, 5.41) is 3.03. The molecule has 31 heavy (non-hydrogen) atoms. The van der Waals surface area contributed by atoms with Crippen molar-refractivity contribution in [2.24, 2.45) is 0 Å². The van der Waals surface area contributed by atoms with Crippen LogP contribution in [0.5, 0.6) is 5.75 Å². The zero-order chi connectivity index (χ0) is 23.0. The minimum atomic E-state index is -0.550. The average molecular weight is 425 g/mol. The van der Waals surface area contributed by atoms with Crippen LogP contribution in [0, 0.1) is 20.8 Å². The number of carbonyl (C=O) groups is 2. The maximum absolute atomic E-state index is 13.3. The van der Waals surface area contributed by atoms with Gasteiger partial charge in [-0.1, -0.05) is 50.2 Å². The summed E-state index contributed by atoms with van der Waals surface area (Å²) >= 11 is 0. The fourth-order valence-electron chi connectivity index (χ4n) is 3.51. The van der Waals surface area contributed by atoms with Gasteiger partial charge in [-0.15, -0.1) is 0 Å². The Morgan fingerprint density at radius 1 is 1.03 bits per heavy atom. The lowest BCUT2D eigenvalue weighted by atomic mass is 10.1. The number of nitrogens with zero attached hydrogens (tertiary/aromatic N) is 1. The number of ether oxygens (including phenoxy) is 1. The Morgan fingerprint density at radius 3 is 2.32 bits per heavy atom. The summed E-state index contributed by atoms with van der Waals surface area (Å²) in [5.41, 5.74) is 4.22. The van der Waals surface area contributed by atoms with E-state index in [9.17, 15) is 9.59 Å². The van der Waals surface area contributed by atoms with Crippen LogP contribution in [-0.2, 0) is 16.1 Å². The smallest absolute Gasteiger partial charge is 0.261 e. The van der Waals surface area contributed by atoms with Gasteiger partial charge in [0.15, 0.2) is 6.61 Å². The maximum atomic E-state index is 13.3. The van der Waals surface area contributed by atoms with E-state index in [1.165, 1.54) is 0 Å². The van der Waals surface area contributed by atoms with E-state index in [1.54, 1.807) is 4.90 Å². The monoisotopic (exact) mass is 424 g/mol. The molecule has 0 aliphatic heterocycles. The van der Waals surface area contributed by atoms with Gasteiger partial charge in [0.05, 0.1) is 0 Å². The lowest BCUT2D eigenvalue weighted by Crippen LogP contribution is -2.51. The van der Waals surface area contributed by atoms with E-state index in [2.05, 4.69) is 11.4 Å². The van der Waals surface area contributed by atoms with E-state index in [0.29, 0.717) is 18.7 Å². The Labute approximate surface area is 186 Å². The first-order chi connectivity index (χ1) is 14.8. The van der Waals surface area contributed by atoms with Crippen molar-refractivity contribution in [3.8, 4) is 5.75 Å². The van der Waals surface area contributed by atoms with Crippen molar-refractivity contribution < 1.29 is 14.3 Å². The predicted octanol–water partition coefficient (Wildman–Crippen LogP) is 4.71. The molecule has 0 unspecified atom stereocenters. The first-order valence-corrected chi connectivity index (χ1v) is 11.1. The van der Waals surface area contributed by atoms with Crippen molar-refractivity contribution in [1.82, 2.24) is 10.2 Å². The molecule has 1 N–H and O–H groups in total. The zero-order valence-corrected chi connectivity index (χ0v) is 19.7. The van der Waals surface area contributed by atoms with Gasteiger partial charge in [-0.3, -0.25) is 9.59 Å². The second-order valence-electron chi connectivity index (χ2n) is 8.24. The van der Waals surface area contributed by atoms with E-state index in [-0.39, 0.29) is 24.5 Å². The van der Waals surface area contributed by atoms with E-state index < -0.39 is 6.04 Å². The minimum Gasteiger partial charge on any atom is -0.483 e. The molecule has 2 aromatic rings. The highest BCUT2D eigenvalue weighted by Crippen LogP contribution is 2.23. The quantitative estimate of drug-likeness (QED) is 0.601. The molecule has 5 nitrogen and oxygen atoms in total. The highest BCUT2D eigenvalue weighted by Gasteiger charge is 2.29. The SMILES string of the molecule is CC[C@@H](C)NC(=O)[C@H](CC)N(Cc1ccccc1)C(=O)COc1cc(C)cc(C)c1C. The van der Waals surface area contributed by atoms with Crippen molar-refractivity contribution in [2.45, 2.75) is 73.0 Å². The Morgan fingerprint density at radius 2 is 1.71 bits per heavy atom. The van der Waals surface area contributed by atoms with E-state index >= 15 is 0 Å². The molecular formula is C26H36N2O3. The Balaban J connectivity index is 2.24. The van der Waals surface area contributed by atoms with Crippen LogP contribution in [-0.4, -0.2) is 35.4 Å². The second-order valence-corrected chi connectivity index (χ2v) is 8.24. The van der Waals surface area contributed by atoms with Gasteiger partial charge in [-0.05, 0) is 68.9 Å². The molecule has 2 rings (SSSR count). The molecule has 5 heteroatoms. The number of nitrogens with one attached hydrogen (secondary N) is 1. The molecule has 2 aromatic carbocycles. The van der Waals surface area contributed by atoms with Crippen LogP contribution in [0.4, 0.5) is 0 Å². The van der Waals surface area contributed by atoms with E-state index in [4.69, 9.17) is 4.74 Å². The number of rotatable bonds is 10. The summed E-state index contributed by atoms with van der Waals surface area (Å²) in [5.74, 6) is 0.389. The van der Waals surface area contributed by atoms with Crippen LogP contribution in [0.2, 0.25) is 0 Å². The van der Waals surface area contributed by atoms with Crippen molar-refractivity contribution >= 4 is 11.8 Å². The van der Waals surface area contributed by atoms with Crippen molar-refractivity contribution in [3.63, 3.8) is 0 Å². The number of carbonyl (C=O) groups excluding carboxylic acids is 2. The molecule has 0 spiro atoms. The molecule has 0 saturated carbocycles. The van der Waals surface area contributed by atoms with Crippen LogP contribution in [0.25, 0.3) is 0 Å². The maximum Gasteiger partial charge on any atom is 0.261 e. The van der Waals surface area contributed by atoms with Gasteiger partial charge >= 0.3 is 0 Å². The molecule has 0 heterocycles. The second kappa shape index (κ2) is 11.5. The summed E-state index contributed by atoms with van der Waals surface area (Å²) in [4.78, 5) is 27.9. The fourth-order valence-corrected chi connectivity index (χ4v) is 3.51. The standard InChI is InChI=1S/C26H36N2O3/c1-7-20(5)27-26(30)23(8-2)28(16-22-12-10-9-11-13-22)25(29)17-31-24-15-18(3)14-19(4)21(24)6/h9-15,20,23H,7-8,16-17H2,1-6H3,(H,27,30)/t20-,23+/m1/s1. The molecule has 0 saturated heterocycles. The third kappa shape index (κ3) is 6.84. The van der Waals surface area contributed by atoms with Crippen LogP contribution in [0.3, 0.4) is 0 Å². The summed E-state index contributed by atoms with van der Waals surface area (Å²) in [6.07, 6.45) is 1.37. The largest absolute Gasteiger partial charge is 0.483 e. The first-order valence-electron chi connectivity index (χ1n) is 11.1. The van der Waals surface area contributed by atoms with Gasteiger partial charge in [0.2, 0.25) is 5.91 Å². The predicted molar refractivity (Wildman–Crippen MR) is 125 cm³/mol. The third-order valence-electron chi connectivity index (χ3n) is 5.70. The van der Waals surface area contributed by atoms with Crippen LogP contribution >= 0.6 is 0 Å². The van der Waals surface area contributed by atoms with Crippen LogP contribution in [0.15, 0.2) is 42.5 Å². The Bertz CT molecular complexity index is 880. The molecule has 0 fully saturated rings. The number of amides is 2. The molecule has 0 bridgehead atoms. The molecule has 0 radical (unpaired) electrons. The fraction of sp³-hybridized carbons (Fsp3) is 0.462. The van der Waals surface area contributed by atoms with Gasteiger partial charge in [-0.25, -0.2) is 0 Å². The molecule has 2 atom stereocenters. The minimum absolute atomic E-state index is 0.0596. The van der Waals surface area contributed by atoms with Crippen molar-refractivity contribution in [2.75, 3.05) is 6.61 Å². The number of hydrogen-bond acceptors (Lipinski definition) is 3. The molecule has 168 valence electrons. The van der Waals surface area contributed by atoms with E-state index in [1.807, 2.05) is 77.9 Å². The van der Waals surface area contributed by atoms with Gasteiger partial charge in [0, 0.05) is 12.6 Å². The summed E-state index contributed by atoms with van der Waals surface area (Å²) in [7, 11) is 0. The average Bonchev–Trinajstić information content (AvgIpc) is 2.75. The van der Waals surface area contributed by atoms with E-state index in [0.717, 1.165) is 28.7 Å². The van der Waals surface area contributed by atoms with Gasteiger partial charge in [0.1, 0.15) is 11.8 Å². The number of hydrogen-bond donors (Lipinski definition) is 1. The Hall–Kier alpha value is -2.82. The van der Waals surface area contributed by atoms with Gasteiger partial charge < -0.3 is 15.0 Å². The van der Waals surface area contributed by atoms with Gasteiger partial charge in [0.25, 0.3) is 5.91 Å². The van der Waals surface area contributed by atoms with Crippen LogP contribution in [0.1, 0.15) is 55.9 Å². The highest BCUT2D eigenvalue weighted by molar-refractivity contribution is 5.88. The molecule has 0 aromatic heterocycles. The summed E-state index contributed by atoms with van der Waals surface area (Å²) in [6, 6.07) is 13.3. The van der Waals surface area contributed by atoms with Gasteiger partial charge in [-0.2, -0.15) is 0 Å². The molecule has 2 amide bonds. The Kier molecular flexibility index (Phi) is 9.10. The third-order valence-corrected chi connectivity index (χ3v) is 5.70. The highest BCUT2D eigenvalue weighted by atomic mass is 16.5.